The second-order valence-electron chi connectivity index (χ2n) is 4.51. The summed E-state index contributed by atoms with van der Waals surface area (Å²) in [5.41, 5.74) is -2.98. The van der Waals surface area contributed by atoms with Gasteiger partial charge in [0.25, 0.3) is 0 Å². The summed E-state index contributed by atoms with van der Waals surface area (Å²) in [6.07, 6.45) is -8.83. The van der Waals surface area contributed by atoms with E-state index in [0.29, 0.717) is 17.7 Å². The van der Waals surface area contributed by atoms with E-state index in [1.165, 1.54) is 0 Å². The van der Waals surface area contributed by atoms with Crippen molar-refractivity contribution in [3.8, 4) is 0 Å². The minimum atomic E-state index is -4.95. The molecule has 0 atom stereocenters. The van der Waals surface area contributed by atoms with E-state index < -0.39 is 35.1 Å². The number of carbonyl (C=O) groups excluding carboxylic acids is 1. The third kappa shape index (κ3) is 5.13. The van der Waals surface area contributed by atoms with E-state index >= 15 is 0 Å². The number of carbonyl (C=O) groups is 1. The lowest BCUT2D eigenvalue weighted by molar-refractivity contribution is -0.143. The van der Waals surface area contributed by atoms with Gasteiger partial charge in [-0.15, -0.1) is 0 Å². The zero-order chi connectivity index (χ0) is 16.4. The maximum atomic E-state index is 12.6. The standard InChI is InChI=1S/C13H11F6NO/c1-7(2)3-11(21)20-10-5-8(12(14,15)16)4-9(6-10)13(17,18)19/h3-6H,1-2H3,(H,20,21). The number of hydrogen-bond acceptors (Lipinski definition) is 1. The van der Waals surface area contributed by atoms with E-state index in [1.54, 1.807) is 13.8 Å². The fourth-order valence-corrected chi connectivity index (χ4v) is 1.47. The van der Waals surface area contributed by atoms with Crippen LogP contribution in [-0.4, -0.2) is 5.91 Å². The van der Waals surface area contributed by atoms with Crippen LogP contribution in [0.3, 0.4) is 0 Å². The van der Waals surface area contributed by atoms with Crippen LogP contribution in [0.2, 0.25) is 0 Å². The summed E-state index contributed by atoms with van der Waals surface area (Å²) < 4.78 is 75.5. The molecule has 0 aliphatic rings. The second-order valence-corrected chi connectivity index (χ2v) is 4.51. The Morgan fingerprint density at radius 3 is 1.71 bits per heavy atom. The molecule has 0 bridgehead atoms. The van der Waals surface area contributed by atoms with Crippen molar-refractivity contribution in [2.75, 3.05) is 5.32 Å². The van der Waals surface area contributed by atoms with Gasteiger partial charge in [-0.25, -0.2) is 0 Å². The van der Waals surface area contributed by atoms with Gasteiger partial charge in [-0.1, -0.05) is 5.57 Å². The lowest BCUT2D eigenvalue weighted by Crippen LogP contribution is -2.14. The first-order chi connectivity index (χ1) is 9.39. The first kappa shape index (κ1) is 17.1. The quantitative estimate of drug-likeness (QED) is 0.626. The monoisotopic (exact) mass is 311 g/mol. The molecule has 0 spiro atoms. The van der Waals surface area contributed by atoms with Gasteiger partial charge in [-0.05, 0) is 32.0 Å². The average molecular weight is 311 g/mol. The molecule has 1 rings (SSSR count). The van der Waals surface area contributed by atoms with Gasteiger partial charge in [-0.2, -0.15) is 26.3 Å². The van der Waals surface area contributed by atoms with Crippen molar-refractivity contribution in [2.45, 2.75) is 26.2 Å². The molecule has 21 heavy (non-hydrogen) atoms. The van der Waals surface area contributed by atoms with E-state index in [9.17, 15) is 31.1 Å². The number of alkyl halides is 6. The molecule has 116 valence electrons. The summed E-state index contributed by atoms with van der Waals surface area (Å²) in [5.74, 6) is -0.803. The molecule has 0 saturated carbocycles. The summed E-state index contributed by atoms with van der Waals surface area (Å²) in [6.45, 7) is 3.12. The van der Waals surface area contributed by atoms with Crippen molar-refractivity contribution in [3.05, 3.63) is 41.0 Å². The van der Waals surface area contributed by atoms with Crippen LogP contribution < -0.4 is 5.32 Å². The van der Waals surface area contributed by atoms with Crippen molar-refractivity contribution < 1.29 is 31.1 Å². The maximum Gasteiger partial charge on any atom is 0.416 e. The first-order valence-corrected chi connectivity index (χ1v) is 5.65. The number of halogens is 6. The van der Waals surface area contributed by atoms with Gasteiger partial charge < -0.3 is 5.32 Å². The number of rotatable bonds is 2. The normalized spacial score (nSPS) is 12.0. The Morgan fingerprint density at radius 2 is 1.38 bits per heavy atom. The summed E-state index contributed by atoms with van der Waals surface area (Å²) in [7, 11) is 0. The van der Waals surface area contributed by atoms with Crippen LogP contribution in [0.1, 0.15) is 25.0 Å². The third-order valence-corrected chi connectivity index (χ3v) is 2.27. The van der Waals surface area contributed by atoms with Crippen LogP contribution in [0.15, 0.2) is 29.8 Å². The Bertz CT molecular complexity index is 535. The highest BCUT2D eigenvalue weighted by Gasteiger charge is 2.37. The topological polar surface area (TPSA) is 29.1 Å². The number of hydrogen-bond donors (Lipinski definition) is 1. The zero-order valence-corrected chi connectivity index (χ0v) is 11.0. The Morgan fingerprint density at radius 1 is 0.952 bits per heavy atom. The van der Waals surface area contributed by atoms with Crippen LogP contribution >= 0.6 is 0 Å². The fraction of sp³-hybridized carbons (Fsp3) is 0.308. The van der Waals surface area contributed by atoms with E-state index in [0.717, 1.165) is 6.08 Å². The van der Waals surface area contributed by atoms with Crippen molar-refractivity contribution in [1.29, 1.82) is 0 Å². The molecule has 0 radical (unpaired) electrons. The van der Waals surface area contributed by atoms with Gasteiger partial charge in [0.2, 0.25) is 5.91 Å². The number of nitrogens with one attached hydrogen (secondary N) is 1. The van der Waals surface area contributed by atoms with Crippen LogP contribution in [0, 0.1) is 0 Å². The predicted octanol–water partition coefficient (Wildman–Crippen LogP) is 4.63. The number of anilines is 1. The van der Waals surface area contributed by atoms with Gasteiger partial charge in [0, 0.05) is 11.8 Å². The summed E-state index contributed by atoms with van der Waals surface area (Å²) in [5, 5.41) is 1.98. The molecule has 0 aliphatic carbocycles. The molecule has 8 heteroatoms. The van der Waals surface area contributed by atoms with Crippen LogP contribution in [0.5, 0.6) is 0 Å². The van der Waals surface area contributed by atoms with Gasteiger partial charge in [0.15, 0.2) is 0 Å². The molecule has 0 heterocycles. The van der Waals surface area contributed by atoms with E-state index in [2.05, 4.69) is 0 Å². The molecule has 0 saturated heterocycles. The van der Waals surface area contributed by atoms with Crippen LogP contribution in [0.4, 0.5) is 32.0 Å². The van der Waals surface area contributed by atoms with Crippen molar-refractivity contribution in [2.24, 2.45) is 0 Å². The minimum Gasteiger partial charge on any atom is -0.322 e. The molecule has 1 aromatic rings. The minimum absolute atomic E-state index is 0.00341. The third-order valence-electron chi connectivity index (χ3n) is 2.27. The predicted molar refractivity (Wildman–Crippen MR) is 64.5 cm³/mol. The van der Waals surface area contributed by atoms with E-state index in [4.69, 9.17) is 0 Å². The number of benzene rings is 1. The largest absolute Gasteiger partial charge is 0.416 e. The van der Waals surface area contributed by atoms with Gasteiger partial charge in [-0.3, -0.25) is 4.79 Å². The van der Waals surface area contributed by atoms with E-state index in [-0.39, 0.29) is 6.07 Å². The Kier molecular flexibility index (Phi) is 4.70. The Labute approximate surface area is 116 Å². The van der Waals surface area contributed by atoms with E-state index in [1.807, 2.05) is 5.32 Å². The highest BCUT2D eigenvalue weighted by Crippen LogP contribution is 2.37. The molecular formula is C13H11F6NO. The van der Waals surface area contributed by atoms with Crippen molar-refractivity contribution in [1.82, 2.24) is 0 Å². The molecule has 0 aromatic heterocycles. The van der Waals surface area contributed by atoms with Gasteiger partial charge in [0.1, 0.15) is 0 Å². The average Bonchev–Trinajstić information content (AvgIpc) is 2.24. The molecule has 0 aliphatic heterocycles. The molecule has 0 fully saturated rings. The number of amides is 1. The Balaban J connectivity index is 3.26. The first-order valence-electron chi connectivity index (χ1n) is 5.65. The second kappa shape index (κ2) is 5.79. The van der Waals surface area contributed by atoms with Crippen LogP contribution in [0.25, 0.3) is 0 Å². The lowest BCUT2D eigenvalue weighted by Gasteiger charge is -2.14. The molecule has 0 unspecified atom stereocenters. The summed E-state index contributed by atoms with van der Waals surface area (Å²) >= 11 is 0. The molecular weight excluding hydrogens is 300 g/mol. The van der Waals surface area contributed by atoms with Crippen molar-refractivity contribution >= 4 is 11.6 Å². The number of allylic oxidation sites excluding steroid dienone is 1. The lowest BCUT2D eigenvalue weighted by atomic mass is 10.1. The summed E-state index contributed by atoms with van der Waals surface area (Å²) in [4.78, 5) is 11.4. The highest BCUT2D eigenvalue weighted by molar-refractivity contribution is 5.99. The smallest absolute Gasteiger partial charge is 0.322 e. The Hall–Kier alpha value is -1.99. The highest BCUT2D eigenvalue weighted by atomic mass is 19.4. The molecule has 1 aromatic carbocycles. The maximum absolute atomic E-state index is 12.6. The SMILES string of the molecule is CC(C)=CC(=O)Nc1cc(C(F)(F)F)cc(C(F)(F)F)c1. The fourth-order valence-electron chi connectivity index (χ4n) is 1.47. The van der Waals surface area contributed by atoms with Gasteiger partial charge in [0.05, 0.1) is 11.1 Å². The molecule has 1 amide bonds. The molecule has 2 nitrogen and oxygen atoms in total. The zero-order valence-electron chi connectivity index (χ0n) is 11.0. The van der Waals surface area contributed by atoms with Gasteiger partial charge >= 0.3 is 12.4 Å². The summed E-state index contributed by atoms with van der Waals surface area (Å²) in [6, 6.07) is 0.897. The molecule has 1 N–H and O–H groups in total. The van der Waals surface area contributed by atoms with Crippen molar-refractivity contribution in [3.63, 3.8) is 0 Å². The van der Waals surface area contributed by atoms with Crippen LogP contribution in [-0.2, 0) is 17.1 Å².